The van der Waals surface area contributed by atoms with Crippen molar-refractivity contribution in [1.29, 1.82) is 0 Å². The van der Waals surface area contributed by atoms with Gasteiger partial charge in [-0.1, -0.05) is 25.3 Å². The number of carbonyl (C=O) groups excluding carboxylic acids is 3. The number of rotatable bonds is 8. The highest BCUT2D eigenvalue weighted by atomic mass is 32.2. The maximum Gasteiger partial charge on any atom is 0.328 e. The average Bonchev–Trinajstić information content (AvgIpc) is 3.17. The third kappa shape index (κ3) is 6.52. The molecule has 0 aromatic heterocycles. The van der Waals surface area contributed by atoms with Crippen molar-refractivity contribution in [3.05, 3.63) is 39.9 Å². The number of nitrogens with one attached hydrogen (secondary N) is 1. The molecule has 2 fully saturated rings. The molecule has 12 heteroatoms. The number of sulfone groups is 1. The van der Waals surface area contributed by atoms with Crippen molar-refractivity contribution in [2.24, 2.45) is 0 Å². The van der Waals surface area contributed by atoms with Crippen LogP contribution < -0.4 is 5.32 Å². The van der Waals surface area contributed by atoms with Gasteiger partial charge in [-0.2, -0.15) is 0 Å². The third-order valence-electron chi connectivity index (χ3n) is 6.22. The molecule has 0 bridgehead atoms. The predicted octanol–water partition coefficient (Wildman–Crippen LogP) is 1.60. The lowest BCUT2D eigenvalue weighted by atomic mass is 9.93. The van der Waals surface area contributed by atoms with E-state index < -0.39 is 51.2 Å². The second-order valence-electron chi connectivity index (χ2n) is 8.76. The van der Waals surface area contributed by atoms with E-state index in [9.17, 15) is 32.9 Å². The van der Waals surface area contributed by atoms with E-state index in [1.165, 1.54) is 25.1 Å². The molecule has 1 saturated heterocycles. The molecule has 2 aliphatic rings. The number of non-ortho nitro benzene ring substituents is 1. The molecule has 2 amide bonds. The third-order valence-corrected chi connectivity index (χ3v) is 7.97. The zero-order valence-corrected chi connectivity index (χ0v) is 19.8. The molecule has 1 saturated carbocycles. The number of hydrogen-bond acceptors (Lipinski definition) is 8. The molecule has 1 aromatic rings. The van der Waals surface area contributed by atoms with Crippen LogP contribution in [0.5, 0.6) is 0 Å². The zero-order valence-electron chi connectivity index (χ0n) is 19.0. The molecule has 1 aliphatic heterocycles. The first-order valence-corrected chi connectivity index (χ1v) is 13.1. The Bertz CT molecular complexity index is 1050. The van der Waals surface area contributed by atoms with Crippen molar-refractivity contribution in [2.75, 3.05) is 18.1 Å². The smallest absolute Gasteiger partial charge is 0.328 e. The number of nitro groups is 1. The van der Waals surface area contributed by atoms with Crippen LogP contribution in [0.2, 0.25) is 0 Å². The molecule has 186 valence electrons. The summed E-state index contributed by atoms with van der Waals surface area (Å²) >= 11 is 0. The fourth-order valence-electron chi connectivity index (χ4n) is 4.49. The Labute approximate surface area is 197 Å². The number of carbonyl (C=O) groups is 3. The second kappa shape index (κ2) is 10.9. The Morgan fingerprint density at radius 1 is 1.18 bits per heavy atom. The van der Waals surface area contributed by atoms with Crippen molar-refractivity contribution in [3.8, 4) is 0 Å². The van der Waals surface area contributed by atoms with Gasteiger partial charge in [0.1, 0.15) is 6.04 Å². The number of nitrogens with zero attached hydrogens (tertiary/aromatic N) is 2. The molecular formula is C22H29N3O8S. The fourth-order valence-corrected chi connectivity index (χ4v) is 6.20. The van der Waals surface area contributed by atoms with E-state index in [0.29, 0.717) is 6.42 Å². The largest absolute Gasteiger partial charge is 0.454 e. The maximum absolute atomic E-state index is 13.0. The molecule has 1 aliphatic carbocycles. The van der Waals surface area contributed by atoms with Crippen molar-refractivity contribution in [2.45, 2.75) is 63.6 Å². The van der Waals surface area contributed by atoms with E-state index in [1.807, 2.05) is 0 Å². The van der Waals surface area contributed by atoms with Gasteiger partial charge < -0.3 is 15.0 Å². The first kappa shape index (κ1) is 25.6. The molecule has 34 heavy (non-hydrogen) atoms. The van der Waals surface area contributed by atoms with Gasteiger partial charge in [0.2, 0.25) is 0 Å². The minimum atomic E-state index is -3.20. The summed E-state index contributed by atoms with van der Waals surface area (Å²) in [5.41, 5.74) is -0.249. The monoisotopic (exact) mass is 495 g/mol. The SMILES string of the molecule is CC(NC(=O)c1cccc([N+](=O)[O-])c1)C(=O)OCC(=O)N(C1CCCCC1)C1CCS(=O)(=O)C1. The molecule has 1 aromatic carbocycles. The summed E-state index contributed by atoms with van der Waals surface area (Å²) in [6.45, 7) is 0.827. The van der Waals surface area contributed by atoms with Crippen molar-refractivity contribution < 1.29 is 32.5 Å². The van der Waals surface area contributed by atoms with Crippen LogP contribution in [-0.4, -0.2) is 72.3 Å². The van der Waals surface area contributed by atoms with Crippen LogP contribution in [0.25, 0.3) is 0 Å². The van der Waals surface area contributed by atoms with Crippen LogP contribution in [0.1, 0.15) is 55.8 Å². The fraction of sp³-hybridized carbons (Fsp3) is 0.591. The Balaban J connectivity index is 1.59. The van der Waals surface area contributed by atoms with Gasteiger partial charge in [0.05, 0.1) is 16.4 Å². The number of amides is 2. The molecule has 0 spiro atoms. The normalized spacial score (nSPS) is 20.8. The van der Waals surface area contributed by atoms with Crippen LogP contribution in [-0.2, 0) is 24.2 Å². The Morgan fingerprint density at radius 2 is 1.88 bits per heavy atom. The van der Waals surface area contributed by atoms with Gasteiger partial charge in [-0.05, 0) is 32.3 Å². The molecule has 2 atom stereocenters. The van der Waals surface area contributed by atoms with Gasteiger partial charge in [0.25, 0.3) is 17.5 Å². The van der Waals surface area contributed by atoms with Crippen LogP contribution in [0.3, 0.4) is 0 Å². The van der Waals surface area contributed by atoms with Gasteiger partial charge in [-0.25, -0.2) is 13.2 Å². The minimum Gasteiger partial charge on any atom is -0.454 e. The molecule has 1 heterocycles. The van der Waals surface area contributed by atoms with Crippen LogP contribution in [0, 0.1) is 10.1 Å². The van der Waals surface area contributed by atoms with E-state index in [-0.39, 0.29) is 28.8 Å². The molecular weight excluding hydrogens is 466 g/mol. The topological polar surface area (TPSA) is 153 Å². The predicted molar refractivity (Wildman–Crippen MR) is 122 cm³/mol. The lowest BCUT2D eigenvalue weighted by Crippen LogP contribution is -2.50. The molecule has 2 unspecified atom stereocenters. The Morgan fingerprint density at radius 3 is 2.50 bits per heavy atom. The summed E-state index contributed by atoms with van der Waals surface area (Å²) in [4.78, 5) is 49.6. The molecule has 11 nitrogen and oxygen atoms in total. The quantitative estimate of drug-likeness (QED) is 0.324. The number of nitro benzene ring substituents is 1. The summed E-state index contributed by atoms with van der Waals surface area (Å²) in [5.74, 6) is -2.03. The molecule has 0 radical (unpaired) electrons. The van der Waals surface area contributed by atoms with Crippen molar-refractivity contribution >= 4 is 33.3 Å². The van der Waals surface area contributed by atoms with Crippen LogP contribution in [0.15, 0.2) is 24.3 Å². The second-order valence-corrected chi connectivity index (χ2v) is 11.0. The Hall–Kier alpha value is -3.02. The van der Waals surface area contributed by atoms with E-state index >= 15 is 0 Å². The highest BCUT2D eigenvalue weighted by Crippen LogP contribution is 2.28. The molecule has 1 N–H and O–H groups in total. The first-order chi connectivity index (χ1) is 16.1. The number of esters is 1. The number of benzene rings is 1. The number of ether oxygens (including phenoxy) is 1. The van der Waals surface area contributed by atoms with Gasteiger partial charge in [-0.3, -0.25) is 19.7 Å². The highest BCUT2D eigenvalue weighted by molar-refractivity contribution is 7.91. The number of hydrogen-bond donors (Lipinski definition) is 1. The summed E-state index contributed by atoms with van der Waals surface area (Å²) in [5, 5.41) is 13.3. The van der Waals surface area contributed by atoms with E-state index in [4.69, 9.17) is 4.74 Å². The molecule has 3 rings (SSSR count). The Kier molecular flexibility index (Phi) is 8.24. The first-order valence-electron chi connectivity index (χ1n) is 11.3. The lowest BCUT2D eigenvalue weighted by Gasteiger charge is -2.38. The summed E-state index contributed by atoms with van der Waals surface area (Å²) in [6.07, 6.45) is 4.91. The van der Waals surface area contributed by atoms with Gasteiger partial charge in [-0.15, -0.1) is 0 Å². The average molecular weight is 496 g/mol. The summed E-state index contributed by atoms with van der Waals surface area (Å²) in [6, 6.07) is 3.46. The minimum absolute atomic E-state index is 0.0100. The van der Waals surface area contributed by atoms with Crippen molar-refractivity contribution in [3.63, 3.8) is 0 Å². The van der Waals surface area contributed by atoms with E-state index in [2.05, 4.69) is 5.32 Å². The van der Waals surface area contributed by atoms with Gasteiger partial charge >= 0.3 is 5.97 Å². The standard InChI is InChI=1S/C22H29N3O8S/c1-15(23-21(27)16-6-5-9-18(12-16)25(29)30)22(28)33-13-20(26)24(17-7-3-2-4-8-17)19-10-11-34(31,32)14-19/h5-6,9,12,15,17,19H,2-4,7-8,10-11,13-14H2,1H3,(H,23,27). The van der Waals surface area contributed by atoms with E-state index in [0.717, 1.165) is 38.2 Å². The van der Waals surface area contributed by atoms with E-state index in [1.54, 1.807) is 4.90 Å². The van der Waals surface area contributed by atoms with Crippen LogP contribution in [0.4, 0.5) is 5.69 Å². The summed E-state index contributed by atoms with van der Waals surface area (Å²) in [7, 11) is -3.20. The van der Waals surface area contributed by atoms with Crippen molar-refractivity contribution in [1.82, 2.24) is 10.2 Å². The zero-order chi connectivity index (χ0) is 24.9. The highest BCUT2D eigenvalue weighted by Gasteiger charge is 2.38. The summed E-state index contributed by atoms with van der Waals surface area (Å²) < 4.78 is 29.1. The van der Waals surface area contributed by atoms with Gasteiger partial charge in [0.15, 0.2) is 16.4 Å². The van der Waals surface area contributed by atoms with Crippen LogP contribution >= 0.6 is 0 Å². The van der Waals surface area contributed by atoms with Gasteiger partial charge in [0, 0.05) is 29.8 Å². The maximum atomic E-state index is 13.0. The lowest BCUT2D eigenvalue weighted by molar-refractivity contribution is -0.384.